The number of aryl methyl sites for hydroxylation is 1. The number of pyridine rings is 1. The topological polar surface area (TPSA) is 56.0 Å². The Morgan fingerprint density at radius 1 is 1.10 bits per heavy atom. The van der Waals surface area contributed by atoms with Gasteiger partial charge in [-0.3, -0.25) is 9.78 Å². The Kier molecular flexibility index (Phi) is 2.95. The van der Waals surface area contributed by atoms with Gasteiger partial charge in [0.05, 0.1) is 0 Å². The van der Waals surface area contributed by atoms with Crippen molar-refractivity contribution in [1.29, 1.82) is 0 Å². The molecular formula is C17H14N2O. The second kappa shape index (κ2) is 4.78. The van der Waals surface area contributed by atoms with Crippen LogP contribution >= 0.6 is 0 Å². The first-order valence-electron chi connectivity index (χ1n) is 6.40. The van der Waals surface area contributed by atoms with E-state index in [4.69, 9.17) is 5.73 Å². The Morgan fingerprint density at radius 2 is 1.95 bits per heavy atom. The molecule has 3 aromatic rings. The molecule has 2 aromatic carbocycles. The number of nitrogen functional groups attached to an aromatic ring is 1. The average Bonchev–Trinajstić information content (AvgIpc) is 2.48. The molecule has 3 rings (SSSR count). The molecule has 0 aliphatic rings. The summed E-state index contributed by atoms with van der Waals surface area (Å²) in [6, 6.07) is 13.0. The second-order valence-corrected chi connectivity index (χ2v) is 4.82. The standard InChI is InChI=1S/C17H14N2O/c1-11-5-6-16(18)14(9-11)17(20)13-4-2-3-12-7-8-19-10-15(12)13/h2-10H,18H2,1H3. The predicted molar refractivity (Wildman–Crippen MR) is 80.8 cm³/mol. The van der Waals surface area contributed by atoms with Gasteiger partial charge in [0.2, 0.25) is 0 Å². The van der Waals surface area contributed by atoms with Crippen molar-refractivity contribution in [1.82, 2.24) is 4.98 Å². The Morgan fingerprint density at radius 3 is 2.80 bits per heavy atom. The smallest absolute Gasteiger partial charge is 0.195 e. The number of nitrogens with zero attached hydrogens (tertiary/aromatic N) is 1. The lowest BCUT2D eigenvalue weighted by atomic mass is 9.96. The monoisotopic (exact) mass is 262 g/mol. The number of carbonyl (C=O) groups is 1. The molecule has 0 unspecified atom stereocenters. The van der Waals surface area contributed by atoms with E-state index in [1.807, 2.05) is 43.3 Å². The first-order chi connectivity index (χ1) is 9.66. The fourth-order valence-electron chi connectivity index (χ4n) is 2.32. The summed E-state index contributed by atoms with van der Waals surface area (Å²) in [4.78, 5) is 16.8. The number of aromatic nitrogens is 1. The summed E-state index contributed by atoms with van der Waals surface area (Å²) in [6.45, 7) is 1.95. The molecule has 0 atom stereocenters. The number of anilines is 1. The van der Waals surface area contributed by atoms with Crippen molar-refractivity contribution in [2.24, 2.45) is 0 Å². The molecule has 1 aromatic heterocycles. The van der Waals surface area contributed by atoms with Gasteiger partial charge in [0.1, 0.15) is 0 Å². The van der Waals surface area contributed by atoms with Gasteiger partial charge in [-0.2, -0.15) is 0 Å². The first-order valence-corrected chi connectivity index (χ1v) is 6.40. The van der Waals surface area contributed by atoms with Gasteiger partial charge >= 0.3 is 0 Å². The minimum absolute atomic E-state index is 0.0650. The van der Waals surface area contributed by atoms with Crippen LogP contribution in [0.3, 0.4) is 0 Å². The van der Waals surface area contributed by atoms with Gasteiger partial charge in [-0.1, -0.05) is 29.8 Å². The number of hydrogen-bond acceptors (Lipinski definition) is 3. The van der Waals surface area contributed by atoms with Crippen LogP contribution < -0.4 is 5.73 Å². The molecule has 0 amide bonds. The van der Waals surface area contributed by atoms with E-state index in [1.54, 1.807) is 18.5 Å². The van der Waals surface area contributed by atoms with Crippen LogP contribution in [-0.2, 0) is 0 Å². The molecule has 0 saturated heterocycles. The summed E-state index contributed by atoms with van der Waals surface area (Å²) in [6.07, 6.45) is 3.44. The van der Waals surface area contributed by atoms with Gasteiger partial charge in [0, 0.05) is 34.6 Å². The molecule has 0 fully saturated rings. The van der Waals surface area contributed by atoms with E-state index in [0.29, 0.717) is 16.8 Å². The summed E-state index contributed by atoms with van der Waals surface area (Å²) in [5.74, 6) is -0.0650. The maximum Gasteiger partial charge on any atom is 0.195 e. The number of ketones is 1. The molecule has 98 valence electrons. The highest BCUT2D eigenvalue weighted by atomic mass is 16.1. The normalized spacial score (nSPS) is 10.7. The van der Waals surface area contributed by atoms with Gasteiger partial charge in [-0.25, -0.2) is 0 Å². The van der Waals surface area contributed by atoms with E-state index < -0.39 is 0 Å². The number of nitrogens with two attached hydrogens (primary N) is 1. The molecule has 3 heteroatoms. The van der Waals surface area contributed by atoms with Crippen molar-refractivity contribution in [3.8, 4) is 0 Å². The lowest BCUT2D eigenvalue weighted by Crippen LogP contribution is -2.06. The molecule has 2 N–H and O–H groups in total. The number of fused-ring (bicyclic) bond motifs is 1. The van der Waals surface area contributed by atoms with Crippen molar-refractivity contribution in [3.05, 3.63) is 71.5 Å². The lowest BCUT2D eigenvalue weighted by molar-refractivity contribution is 0.104. The molecule has 0 aliphatic heterocycles. The minimum atomic E-state index is -0.0650. The molecule has 1 heterocycles. The van der Waals surface area contributed by atoms with E-state index in [0.717, 1.165) is 16.3 Å². The molecule has 0 spiro atoms. The third-order valence-corrected chi connectivity index (χ3v) is 3.38. The zero-order valence-electron chi connectivity index (χ0n) is 11.1. The molecule has 0 radical (unpaired) electrons. The highest BCUT2D eigenvalue weighted by Gasteiger charge is 2.15. The highest BCUT2D eigenvalue weighted by molar-refractivity contribution is 6.18. The summed E-state index contributed by atoms with van der Waals surface area (Å²) in [5, 5.41) is 1.85. The third kappa shape index (κ3) is 2.03. The summed E-state index contributed by atoms with van der Waals surface area (Å²) in [5.41, 5.74) is 8.63. The van der Waals surface area contributed by atoms with E-state index in [2.05, 4.69) is 4.98 Å². The number of benzene rings is 2. The van der Waals surface area contributed by atoms with Crippen LogP contribution in [-0.4, -0.2) is 10.8 Å². The predicted octanol–water partition coefficient (Wildman–Crippen LogP) is 3.36. The maximum absolute atomic E-state index is 12.7. The van der Waals surface area contributed by atoms with Gasteiger partial charge < -0.3 is 5.73 Å². The van der Waals surface area contributed by atoms with Crippen molar-refractivity contribution in [3.63, 3.8) is 0 Å². The summed E-state index contributed by atoms with van der Waals surface area (Å²) in [7, 11) is 0. The van der Waals surface area contributed by atoms with Gasteiger partial charge in [0.25, 0.3) is 0 Å². The Balaban J connectivity index is 2.20. The van der Waals surface area contributed by atoms with Crippen molar-refractivity contribution in [2.45, 2.75) is 6.92 Å². The lowest BCUT2D eigenvalue weighted by Gasteiger charge is -2.08. The number of carbonyl (C=O) groups excluding carboxylic acids is 1. The first kappa shape index (κ1) is 12.4. The maximum atomic E-state index is 12.7. The fourth-order valence-corrected chi connectivity index (χ4v) is 2.32. The second-order valence-electron chi connectivity index (χ2n) is 4.82. The van der Waals surface area contributed by atoms with E-state index >= 15 is 0 Å². The molecule has 3 nitrogen and oxygen atoms in total. The summed E-state index contributed by atoms with van der Waals surface area (Å²) < 4.78 is 0. The molecule has 0 aliphatic carbocycles. The van der Waals surface area contributed by atoms with Crippen LogP contribution in [0.25, 0.3) is 10.8 Å². The zero-order chi connectivity index (χ0) is 14.1. The summed E-state index contributed by atoms with van der Waals surface area (Å²) >= 11 is 0. The van der Waals surface area contributed by atoms with E-state index in [9.17, 15) is 4.79 Å². The fraction of sp³-hybridized carbons (Fsp3) is 0.0588. The molecule has 0 saturated carbocycles. The van der Waals surface area contributed by atoms with E-state index in [1.165, 1.54) is 0 Å². The highest BCUT2D eigenvalue weighted by Crippen LogP contribution is 2.23. The minimum Gasteiger partial charge on any atom is -0.398 e. The average molecular weight is 262 g/mol. The van der Waals surface area contributed by atoms with Crippen molar-refractivity contribution in [2.75, 3.05) is 5.73 Å². The quantitative estimate of drug-likeness (QED) is 0.569. The Bertz CT molecular complexity index is 804. The van der Waals surface area contributed by atoms with Crippen LogP contribution in [0.2, 0.25) is 0 Å². The molecular weight excluding hydrogens is 248 g/mol. The molecule has 20 heavy (non-hydrogen) atoms. The van der Waals surface area contributed by atoms with Gasteiger partial charge in [-0.05, 0) is 30.5 Å². The number of rotatable bonds is 2. The Hall–Kier alpha value is -2.68. The largest absolute Gasteiger partial charge is 0.398 e. The van der Waals surface area contributed by atoms with Crippen molar-refractivity contribution < 1.29 is 4.79 Å². The third-order valence-electron chi connectivity index (χ3n) is 3.38. The van der Waals surface area contributed by atoms with Crippen LogP contribution in [0.15, 0.2) is 54.9 Å². The van der Waals surface area contributed by atoms with E-state index in [-0.39, 0.29) is 5.78 Å². The molecule has 0 bridgehead atoms. The van der Waals surface area contributed by atoms with Crippen molar-refractivity contribution >= 4 is 22.2 Å². The van der Waals surface area contributed by atoms with Crippen LogP contribution in [0.1, 0.15) is 21.5 Å². The number of hydrogen-bond donors (Lipinski definition) is 1. The Labute approximate surface area is 117 Å². The SMILES string of the molecule is Cc1ccc(N)c(C(=O)c2cccc3ccncc23)c1. The van der Waals surface area contributed by atoms with Gasteiger partial charge in [-0.15, -0.1) is 0 Å². The van der Waals surface area contributed by atoms with Crippen LogP contribution in [0.5, 0.6) is 0 Å². The van der Waals surface area contributed by atoms with Gasteiger partial charge in [0.15, 0.2) is 5.78 Å². The zero-order valence-corrected chi connectivity index (χ0v) is 11.1. The van der Waals surface area contributed by atoms with Crippen LogP contribution in [0.4, 0.5) is 5.69 Å². The van der Waals surface area contributed by atoms with Crippen LogP contribution in [0, 0.1) is 6.92 Å².